The SMILES string of the molecule is Cc1ccc2c(c1)CC[C@@H](F)[C@]21CCC1=O. The average molecular weight is 218 g/mol. The fourth-order valence-corrected chi connectivity index (χ4v) is 3.17. The first kappa shape index (κ1) is 10.0. The van der Waals surface area contributed by atoms with E-state index in [1.807, 2.05) is 19.1 Å². The zero-order valence-electron chi connectivity index (χ0n) is 9.42. The molecule has 3 rings (SSSR count). The largest absolute Gasteiger partial charge is 0.299 e. The van der Waals surface area contributed by atoms with Gasteiger partial charge in [0.2, 0.25) is 0 Å². The summed E-state index contributed by atoms with van der Waals surface area (Å²) in [4.78, 5) is 11.8. The zero-order valence-corrected chi connectivity index (χ0v) is 9.42. The molecule has 0 bridgehead atoms. The van der Waals surface area contributed by atoms with Gasteiger partial charge in [-0.3, -0.25) is 4.79 Å². The number of ketones is 1. The molecule has 1 aromatic rings. The molecule has 2 aliphatic carbocycles. The number of hydrogen-bond acceptors (Lipinski definition) is 1. The van der Waals surface area contributed by atoms with Gasteiger partial charge < -0.3 is 0 Å². The Balaban J connectivity index is 2.18. The first-order valence-electron chi connectivity index (χ1n) is 5.92. The second kappa shape index (κ2) is 3.16. The third kappa shape index (κ3) is 1.07. The second-order valence-corrected chi connectivity index (χ2v) is 5.06. The maximum absolute atomic E-state index is 14.1. The van der Waals surface area contributed by atoms with Crippen molar-refractivity contribution in [2.75, 3.05) is 0 Å². The Labute approximate surface area is 94.7 Å². The summed E-state index contributed by atoms with van der Waals surface area (Å²) in [5.41, 5.74) is 2.58. The van der Waals surface area contributed by atoms with Gasteiger partial charge in [0.05, 0.1) is 5.41 Å². The van der Waals surface area contributed by atoms with Crippen molar-refractivity contribution in [3.8, 4) is 0 Å². The highest BCUT2D eigenvalue weighted by atomic mass is 19.1. The molecular formula is C14H15FO. The van der Waals surface area contributed by atoms with Crippen LogP contribution in [0.2, 0.25) is 0 Å². The summed E-state index contributed by atoms with van der Waals surface area (Å²) in [6.07, 6.45) is 1.55. The number of carbonyl (C=O) groups is 1. The topological polar surface area (TPSA) is 17.1 Å². The predicted molar refractivity (Wildman–Crippen MR) is 60.3 cm³/mol. The normalized spacial score (nSPS) is 32.4. The third-order valence-electron chi connectivity index (χ3n) is 4.19. The van der Waals surface area contributed by atoms with E-state index < -0.39 is 11.6 Å². The van der Waals surface area contributed by atoms with Crippen LogP contribution in [0.3, 0.4) is 0 Å². The van der Waals surface area contributed by atoms with Gasteiger partial charge in [-0.2, -0.15) is 0 Å². The number of fused-ring (bicyclic) bond motifs is 2. The monoisotopic (exact) mass is 218 g/mol. The molecule has 0 radical (unpaired) electrons. The van der Waals surface area contributed by atoms with Gasteiger partial charge in [-0.15, -0.1) is 0 Å². The number of rotatable bonds is 0. The molecule has 0 heterocycles. The van der Waals surface area contributed by atoms with Gasteiger partial charge in [0.15, 0.2) is 0 Å². The molecule has 0 aromatic heterocycles. The summed E-state index contributed by atoms with van der Waals surface area (Å²) in [5.74, 6) is 0.102. The molecule has 2 heteroatoms. The minimum absolute atomic E-state index is 0.102. The molecule has 0 amide bonds. The first-order valence-corrected chi connectivity index (χ1v) is 5.92. The van der Waals surface area contributed by atoms with Crippen LogP contribution in [0.4, 0.5) is 4.39 Å². The van der Waals surface area contributed by atoms with Crippen molar-refractivity contribution >= 4 is 5.78 Å². The molecule has 1 spiro atoms. The highest BCUT2D eigenvalue weighted by molar-refractivity contribution is 5.97. The smallest absolute Gasteiger partial charge is 0.146 e. The molecule has 1 fully saturated rings. The second-order valence-electron chi connectivity index (χ2n) is 5.06. The molecule has 0 saturated heterocycles. The van der Waals surface area contributed by atoms with Crippen molar-refractivity contribution in [3.63, 3.8) is 0 Å². The van der Waals surface area contributed by atoms with Crippen LogP contribution < -0.4 is 0 Å². The molecule has 0 N–H and O–H groups in total. The standard InChI is InChI=1S/C14H15FO/c1-9-2-4-11-10(8-9)3-5-12(15)14(11)7-6-13(14)16/h2,4,8,12H,3,5-7H2,1H3/t12-,14+/m1/s1. The van der Waals surface area contributed by atoms with Crippen molar-refractivity contribution in [2.45, 2.75) is 44.2 Å². The van der Waals surface area contributed by atoms with E-state index in [1.54, 1.807) is 0 Å². The number of carbonyl (C=O) groups excluding carboxylic acids is 1. The van der Waals surface area contributed by atoms with E-state index in [0.717, 1.165) is 12.0 Å². The lowest BCUT2D eigenvalue weighted by atomic mass is 9.56. The van der Waals surface area contributed by atoms with Gasteiger partial charge in [-0.1, -0.05) is 23.8 Å². The van der Waals surface area contributed by atoms with Crippen LogP contribution in [0.15, 0.2) is 18.2 Å². The number of halogens is 1. The van der Waals surface area contributed by atoms with Crippen molar-refractivity contribution in [3.05, 3.63) is 34.9 Å². The molecule has 84 valence electrons. The molecule has 16 heavy (non-hydrogen) atoms. The Morgan fingerprint density at radius 2 is 2.19 bits per heavy atom. The van der Waals surface area contributed by atoms with Crippen molar-refractivity contribution in [2.24, 2.45) is 0 Å². The maximum atomic E-state index is 14.1. The quantitative estimate of drug-likeness (QED) is 0.654. The van der Waals surface area contributed by atoms with Gasteiger partial charge in [-0.05, 0) is 37.3 Å². The van der Waals surface area contributed by atoms with E-state index in [0.29, 0.717) is 19.3 Å². The number of aryl methyl sites for hydroxylation is 2. The van der Waals surface area contributed by atoms with Gasteiger partial charge >= 0.3 is 0 Å². The number of alkyl halides is 1. The van der Waals surface area contributed by atoms with Crippen molar-refractivity contribution in [1.82, 2.24) is 0 Å². The number of Topliss-reactive ketones (excluding diaryl/α,β-unsaturated/α-hetero) is 1. The number of benzene rings is 1. The highest BCUT2D eigenvalue weighted by Crippen LogP contribution is 2.50. The average Bonchev–Trinajstić information content (AvgIpc) is 2.27. The van der Waals surface area contributed by atoms with Crippen LogP contribution in [0.5, 0.6) is 0 Å². The van der Waals surface area contributed by atoms with Crippen LogP contribution in [0, 0.1) is 6.92 Å². The lowest BCUT2D eigenvalue weighted by Gasteiger charge is -2.46. The van der Waals surface area contributed by atoms with Crippen LogP contribution in [0.1, 0.15) is 36.0 Å². The molecule has 1 nitrogen and oxygen atoms in total. The van der Waals surface area contributed by atoms with Crippen molar-refractivity contribution in [1.29, 1.82) is 0 Å². The van der Waals surface area contributed by atoms with Crippen LogP contribution in [0.25, 0.3) is 0 Å². The van der Waals surface area contributed by atoms with Crippen LogP contribution in [-0.2, 0) is 16.6 Å². The summed E-state index contributed by atoms with van der Waals surface area (Å²) in [5, 5.41) is 0. The van der Waals surface area contributed by atoms with E-state index >= 15 is 0 Å². The zero-order chi connectivity index (χ0) is 11.3. The Morgan fingerprint density at radius 3 is 2.81 bits per heavy atom. The summed E-state index contributed by atoms with van der Waals surface area (Å²) < 4.78 is 14.1. The fourth-order valence-electron chi connectivity index (χ4n) is 3.17. The summed E-state index contributed by atoms with van der Waals surface area (Å²) in [6, 6.07) is 6.06. The Hall–Kier alpha value is -1.18. The lowest BCUT2D eigenvalue weighted by Crippen LogP contribution is -2.54. The molecule has 1 aromatic carbocycles. The predicted octanol–water partition coefficient (Wildman–Crippen LogP) is 2.88. The number of hydrogen-bond donors (Lipinski definition) is 0. The minimum Gasteiger partial charge on any atom is -0.299 e. The first-order chi connectivity index (χ1) is 7.64. The van der Waals surface area contributed by atoms with E-state index in [9.17, 15) is 9.18 Å². The molecule has 2 aliphatic rings. The van der Waals surface area contributed by atoms with Crippen LogP contribution >= 0.6 is 0 Å². The molecule has 0 aliphatic heterocycles. The Morgan fingerprint density at radius 1 is 1.38 bits per heavy atom. The maximum Gasteiger partial charge on any atom is 0.146 e. The molecule has 1 saturated carbocycles. The van der Waals surface area contributed by atoms with E-state index in [1.165, 1.54) is 11.1 Å². The molecule has 2 atom stereocenters. The van der Waals surface area contributed by atoms with Gasteiger partial charge in [-0.25, -0.2) is 4.39 Å². The Bertz CT molecular complexity index is 466. The molecular weight excluding hydrogens is 203 g/mol. The third-order valence-corrected chi connectivity index (χ3v) is 4.19. The summed E-state index contributed by atoms with van der Waals surface area (Å²) >= 11 is 0. The van der Waals surface area contributed by atoms with Gasteiger partial charge in [0, 0.05) is 6.42 Å². The van der Waals surface area contributed by atoms with Gasteiger partial charge in [0.25, 0.3) is 0 Å². The van der Waals surface area contributed by atoms with Crippen LogP contribution in [-0.4, -0.2) is 12.0 Å². The van der Waals surface area contributed by atoms with E-state index in [-0.39, 0.29) is 5.78 Å². The summed E-state index contributed by atoms with van der Waals surface area (Å²) in [7, 11) is 0. The highest BCUT2D eigenvalue weighted by Gasteiger charge is 2.55. The molecule has 0 unspecified atom stereocenters. The summed E-state index contributed by atoms with van der Waals surface area (Å²) in [6.45, 7) is 2.04. The van der Waals surface area contributed by atoms with Crippen molar-refractivity contribution < 1.29 is 9.18 Å². The minimum atomic E-state index is -0.969. The van der Waals surface area contributed by atoms with Gasteiger partial charge in [0.1, 0.15) is 12.0 Å². The van der Waals surface area contributed by atoms with E-state index in [4.69, 9.17) is 0 Å². The fraction of sp³-hybridized carbons (Fsp3) is 0.500. The van der Waals surface area contributed by atoms with E-state index in [2.05, 4.69) is 6.07 Å². The lowest BCUT2D eigenvalue weighted by molar-refractivity contribution is -0.136. The Kier molecular flexibility index (Phi) is 1.97.